The molecule has 11 nitrogen and oxygen atoms in total. The molecule has 2 aromatic rings. The lowest BCUT2D eigenvalue weighted by Gasteiger charge is -2.44. The van der Waals surface area contributed by atoms with Crippen molar-refractivity contribution in [3.05, 3.63) is 41.7 Å². The highest BCUT2D eigenvalue weighted by Crippen LogP contribution is 2.38. The number of morpholine rings is 1. The van der Waals surface area contributed by atoms with Gasteiger partial charge in [0.15, 0.2) is 11.9 Å². The number of piperidine rings is 1. The van der Waals surface area contributed by atoms with Gasteiger partial charge in [0, 0.05) is 25.2 Å². The fraction of sp³-hybridized carbons (Fsp3) is 0.542. The summed E-state index contributed by atoms with van der Waals surface area (Å²) >= 11 is 0. The second-order valence-corrected chi connectivity index (χ2v) is 9.23. The minimum atomic E-state index is -0.952. The number of aliphatic hydroxyl groups excluding tert-OH is 1. The lowest BCUT2D eigenvalue weighted by atomic mass is 10.0. The van der Waals surface area contributed by atoms with Gasteiger partial charge in [-0.1, -0.05) is 0 Å². The first-order valence-corrected chi connectivity index (χ1v) is 12.1. The van der Waals surface area contributed by atoms with Crippen molar-refractivity contribution in [3.8, 4) is 11.4 Å². The van der Waals surface area contributed by atoms with E-state index in [1.807, 2.05) is 12.1 Å². The van der Waals surface area contributed by atoms with Crippen LogP contribution in [0.1, 0.15) is 48.1 Å². The summed E-state index contributed by atoms with van der Waals surface area (Å²) in [5.41, 5.74) is 6.83. The quantitative estimate of drug-likeness (QED) is 0.524. The Hall–Kier alpha value is -2.99. The predicted molar refractivity (Wildman–Crippen MR) is 126 cm³/mol. The zero-order valence-corrected chi connectivity index (χ0v) is 19.9. The maximum atomic E-state index is 12.2. The molecule has 0 bridgehead atoms. The van der Waals surface area contributed by atoms with Crippen LogP contribution >= 0.6 is 0 Å². The van der Waals surface area contributed by atoms with Crippen molar-refractivity contribution in [2.75, 3.05) is 40.0 Å². The number of nitrogens with zero attached hydrogens (tertiary/aromatic N) is 5. The average molecular weight is 485 g/mol. The SMILES string of the molecule is COc1ccc(-n2nc(C(N)=O)cc2C(O)N(C2CC2)C2CCN(N3CCOCC3=O)CC2)cc1. The van der Waals surface area contributed by atoms with E-state index in [0.717, 1.165) is 38.8 Å². The molecule has 0 radical (unpaired) electrons. The summed E-state index contributed by atoms with van der Waals surface area (Å²) in [4.78, 5) is 26.3. The fourth-order valence-electron chi connectivity index (χ4n) is 5.05. The molecule has 2 saturated heterocycles. The second kappa shape index (κ2) is 9.94. The minimum Gasteiger partial charge on any atom is -0.497 e. The molecule has 1 aromatic carbocycles. The van der Waals surface area contributed by atoms with E-state index in [0.29, 0.717) is 30.3 Å². The van der Waals surface area contributed by atoms with Crippen molar-refractivity contribution in [2.45, 2.75) is 44.0 Å². The summed E-state index contributed by atoms with van der Waals surface area (Å²) < 4.78 is 12.1. The van der Waals surface area contributed by atoms with Crippen LogP contribution < -0.4 is 10.5 Å². The Kier molecular flexibility index (Phi) is 6.74. The number of methoxy groups -OCH3 is 1. The standard InChI is InChI=1S/C24H32N6O5/c1-34-19-6-4-18(5-7-19)30-21(14-20(26-30)23(25)32)24(33)29(16-2-3-16)17-8-10-27(11-9-17)28-12-13-35-15-22(28)31/h4-7,14,16-17,24,33H,2-3,8-13,15H2,1H3,(H2,25,32). The van der Waals surface area contributed by atoms with E-state index in [1.54, 1.807) is 35.0 Å². The number of aromatic nitrogens is 2. The summed E-state index contributed by atoms with van der Waals surface area (Å²) in [5.74, 6) is 0.0478. The average Bonchev–Trinajstić information content (AvgIpc) is 3.60. The monoisotopic (exact) mass is 484 g/mol. The summed E-state index contributed by atoms with van der Waals surface area (Å²) in [5, 5.41) is 19.9. The topological polar surface area (TPSA) is 126 Å². The van der Waals surface area contributed by atoms with Crippen molar-refractivity contribution in [2.24, 2.45) is 5.73 Å². The highest BCUT2D eigenvalue weighted by molar-refractivity contribution is 5.90. The molecule has 2 amide bonds. The summed E-state index contributed by atoms with van der Waals surface area (Å²) in [6, 6.07) is 9.24. The number of carbonyl (C=O) groups is 2. The molecule has 11 heteroatoms. The van der Waals surface area contributed by atoms with Crippen molar-refractivity contribution < 1.29 is 24.2 Å². The van der Waals surface area contributed by atoms with Crippen LogP contribution in [0.15, 0.2) is 30.3 Å². The maximum Gasteiger partial charge on any atom is 0.269 e. The zero-order chi connectivity index (χ0) is 24.5. The second-order valence-electron chi connectivity index (χ2n) is 9.23. The van der Waals surface area contributed by atoms with Gasteiger partial charge < -0.3 is 20.3 Å². The van der Waals surface area contributed by atoms with E-state index >= 15 is 0 Å². The Morgan fingerprint density at radius 1 is 1.17 bits per heavy atom. The number of ether oxygens (including phenoxy) is 2. The minimum absolute atomic E-state index is 0.00356. The molecule has 1 saturated carbocycles. The molecular weight excluding hydrogens is 452 g/mol. The first-order valence-electron chi connectivity index (χ1n) is 12.1. The number of carbonyl (C=O) groups excluding carboxylic acids is 2. The highest BCUT2D eigenvalue weighted by atomic mass is 16.5. The van der Waals surface area contributed by atoms with Crippen molar-refractivity contribution in [1.29, 1.82) is 0 Å². The smallest absolute Gasteiger partial charge is 0.269 e. The number of hydrogen-bond acceptors (Lipinski definition) is 8. The van der Waals surface area contributed by atoms with Crippen LogP contribution in [-0.2, 0) is 9.53 Å². The molecule has 0 spiro atoms. The number of hydrogen-bond donors (Lipinski definition) is 2. The number of amides is 2. The van der Waals surface area contributed by atoms with E-state index in [1.165, 1.54) is 0 Å². The molecule has 3 fully saturated rings. The van der Waals surface area contributed by atoms with Crippen molar-refractivity contribution >= 4 is 11.8 Å². The Morgan fingerprint density at radius 3 is 2.46 bits per heavy atom. The Balaban J connectivity index is 1.37. The van der Waals surface area contributed by atoms with Gasteiger partial charge in [0.2, 0.25) is 0 Å². The van der Waals surface area contributed by atoms with E-state index in [-0.39, 0.29) is 30.3 Å². The maximum absolute atomic E-state index is 12.2. The fourth-order valence-corrected chi connectivity index (χ4v) is 5.05. The Bertz CT molecular complexity index is 1060. The van der Waals surface area contributed by atoms with Crippen LogP contribution in [-0.4, -0.2) is 93.7 Å². The molecule has 3 heterocycles. The van der Waals surface area contributed by atoms with Gasteiger partial charge in [-0.05, 0) is 56.0 Å². The molecule has 5 rings (SSSR count). The van der Waals surface area contributed by atoms with Crippen LogP contribution in [0.25, 0.3) is 5.69 Å². The third-order valence-electron chi connectivity index (χ3n) is 6.99. The molecule has 2 aliphatic heterocycles. The summed E-state index contributed by atoms with van der Waals surface area (Å²) in [6.45, 7) is 2.73. The van der Waals surface area contributed by atoms with Crippen molar-refractivity contribution in [3.63, 3.8) is 0 Å². The molecule has 3 N–H and O–H groups in total. The highest BCUT2D eigenvalue weighted by Gasteiger charge is 2.42. The molecular formula is C24H32N6O5. The zero-order valence-electron chi connectivity index (χ0n) is 19.9. The molecule has 1 aliphatic carbocycles. The molecule has 1 unspecified atom stereocenters. The van der Waals surface area contributed by atoms with Gasteiger partial charge in [-0.2, -0.15) is 5.10 Å². The van der Waals surface area contributed by atoms with Gasteiger partial charge in [0.1, 0.15) is 12.4 Å². The molecule has 1 aromatic heterocycles. The van der Waals surface area contributed by atoms with Crippen molar-refractivity contribution in [1.82, 2.24) is 24.7 Å². The van der Waals surface area contributed by atoms with Gasteiger partial charge in [-0.3, -0.25) is 19.5 Å². The van der Waals surface area contributed by atoms with Gasteiger partial charge in [0.25, 0.3) is 11.8 Å². The summed E-state index contributed by atoms with van der Waals surface area (Å²) in [6.07, 6.45) is 2.71. The number of hydrazine groups is 1. The molecule has 3 aliphatic rings. The van der Waals surface area contributed by atoms with E-state index in [9.17, 15) is 14.7 Å². The van der Waals surface area contributed by atoms with E-state index in [4.69, 9.17) is 15.2 Å². The normalized spacial score (nSPS) is 20.9. The first-order chi connectivity index (χ1) is 17.0. The van der Waals surface area contributed by atoms with Gasteiger partial charge in [0.05, 0.1) is 31.6 Å². The Morgan fingerprint density at radius 2 is 1.86 bits per heavy atom. The van der Waals surface area contributed by atoms with Crippen LogP contribution in [0.4, 0.5) is 0 Å². The lowest BCUT2D eigenvalue weighted by molar-refractivity contribution is -0.170. The predicted octanol–water partition coefficient (Wildman–Crippen LogP) is 0.673. The third kappa shape index (κ3) is 4.90. The number of aliphatic hydroxyl groups is 1. The van der Waals surface area contributed by atoms with Crippen LogP contribution in [0, 0.1) is 0 Å². The van der Waals surface area contributed by atoms with Gasteiger partial charge in [-0.25, -0.2) is 9.69 Å². The molecule has 35 heavy (non-hydrogen) atoms. The first kappa shape index (κ1) is 23.7. The van der Waals surface area contributed by atoms with Crippen LogP contribution in [0.5, 0.6) is 5.75 Å². The van der Waals surface area contributed by atoms with Gasteiger partial charge in [-0.15, -0.1) is 0 Å². The molecule has 188 valence electrons. The number of benzene rings is 1. The van der Waals surface area contributed by atoms with Gasteiger partial charge >= 0.3 is 0 Å². The van der Waals surface area contributed by atoms with E-state index < -0.39 is 12.1 Å². The molecule has 1 atom stereocenters. The van der Waals surface area contributed by atoms with Crippen LogP contribution in [0.2, 0.25) is 0 Å². The third-order valence-corrected chi connectivity index (χ3v) is 6.99. The lowest BCUT2D eigenvalue weighted by Crippen LogP contribution is -2.57. The number of nitrogens with two attached hydrogens (primary N) is 1. The van der Waals surface area contributed by atoms with Crippen LogP contribution in [0.3, 0.4) is 0 Å². The van der Waals surface area contributed by atoms with E-state index in [2.05, 4.69) is 15.0 Å². The summed E-state index contributed by atoms with van der Waals surface area (Å²) in [7, 11) is 1.59. The number of rotatable bonds is 8. The number of primary amides is 1. The Labute approximate surface area is 203 Å². The largest absolute Gasteiger partial charge is 0.497 e.